The summed E-state index contributed by atoms with van der Waals surface area (Å²) in [4.78, 5) is 0.0351. The molecule has 0 fully saturated rings. The molecule has 1 aliphatic rings. The Balaban J connectivity index is 1.91. The van der Waals surface area contributed by atoms with E-state index < -0.39 is 19.9 Å². The fraction of sp³-hybridized carbons (Fsp3) is 0.250. The second-order valence-electron chi connectivity index (χ2n) is 5.56. The lowest BCUT2D eigenvalue weighted by molar-refractivity contribution is 0.297. The second kappa shape index (κ2) is 6.57. The third kappa shape index (κ3) is 4.05. The number of ether oxygens (including phenoxy) is 2. The minimum absolute atomic E-state index is 0.00140. The van der Waals surface area contributed by atoms with Crippen LogP contribution in [0.5, 0.6) is 11.5 Å². The molecule has 0 unspecified atom stereocenters. The summed E-state index contributed by atoms with van der Waals surface area (Å²) in [6.45, 7) is 0.954. The average molecular weight is 383 g/mol. The summed E-state index contributed by atoms with van der Waals surface area (Å²) in [5.74, 6) is 0.862. The van der Waals surface area contributed by atoms with E-state index in [4.69, 9.17) is 9.47 Å². The molecule has 3 rings (SSSR count). The molecule has 0 bridgehead atoms. The van der Waals surface area contributed by atoms with E-state index in [9.17, 15) is 16.8 Å². The van der Waals surface area contributed by atoms with Crippen molar-refractivity contribution in [2.45, 2.75) is 16.2 Å². The molecule has 134 valence electrons. The number of anilines is 1. The molecule has 1 heterocycles. The van der Waals surface area contributed by atoms with Crippen molar-refractivity contribution in [2.24, 2.45) is 0 Å². The Morgan fingerprint density at radius 2 is 1.60 bits per heavy atom. The van der Waals surface area contributed by atoms with Crippen LogP contribution in [0.1, 0.15) is 6.42 Å². The number of benzene rings is 2. The van der Waals surface area contributed by atoms with E-state index in [-0.39, 0.29) is 15.5 Å². The first-order valence-electron chi connectivity index (χ1n) is 7.48. The number of sulfone groups is 1. The van der Waals surface area contributed by atoms with Crippen LogP contribution in [0.3, 0.4) is 0 Å². The lowest BCUT2D eigenvalue weighted by atomic mass is 10.3. The van der Waals surface area contributed by atoms with Crippen molar-refractivity contribution >= 4 is 25.5 Å². The highest BCUT2D eigenvalue weighted by molar-refractivity contribution is 7.92. The van der Waals surface area contributed by atoms with Crippen LogP contribution < -0.4 is 14.2 Å². The molecule has 0 aliphatic carbocycles. The first kappa shape index (κ1) is 17.6. The van der Waals surface area contributed by atoms with E-state index in [0.717, 1.165) is 6.26 Å². The Kier molecular flexibility index (Phi) is 4.61. The van der Waals surface area contributed by atoms with Crippen LogP contribution in [0.15, 0.2) is 52.3 Å². The molecule has 7 nitrogen and oxygen atoms in total. The van der Waals surface area contributed by atoms with Crippen molar-refractivity contribution in [2.75, 3.05) is 24.2 Å². The normalized spacial score (nSPS) is 14.6. The Morgan fingerprint density at radius 1 is 0.880 bits per heavy atom. The summed E-state index contributed by atoms with van der Waals surface area (Å²) >= 11 is 0. The van der Waals surface area contributed by atoms with E-state index in [0.29, 0.717) is 31.1 Å². The molecule has 0 saturated carbocycles. The van der Waals surface area contributed by atoms with Gasteiger partial charge in [0.2, 0.25) is 0 Å². The van der Waals surface area contributed by atoms with E-state index >= 15 is 0 Å². The smallest absolute Gasteiger partial charge is 0.262 e. The Hall–Kier alpha value is -2.26. The molecule has 2 aromatic rings. The van der Waals surface area contributed by atoms with Gasteiger partial charge in [-0.25, -0.2) is 16.8 Å². The first-order valence-corrected chi connectivity index (χ1v) is 10.9. The molecule has 1 N–H and O–H groups in total. The van der Waals surface area contributed by atoms with Gasteiger partial charge in [-0.15, -0.1) is 0 Å². The highest BCUT2D eigenvalue weighted by atomic mass is 32.2. The van der Waals surface area contributed by atoms with Crippen LogP contribution in [0.2, 0.25) is 0 Å². The van der Waals surface area contributed by atoms with E-state index in [1.807, 2.05) is 0 Å². The van der Waals surface area contributed by atoms with Crippen LogP contribution in [-0.4, -0.2) is 36.3 Å². The molecule has 9 heteroatoms. The Labute approximate surface area is 146 Å². The fourth-order valence-corrected chi connectivity index (χ4v) is 4.05. The monoisotopic (exact) mass is 383 g/mol. The van der Waals surface area contributed by atoms with Gasteiger partial charge in [-0.05, 0) is 30.3 Å². The molecular weight excluding hydrogens is 366 g/mol. The number of sulfonamides is 1. The van der Waals surface area contributed by atoms with Crippen molar-refractivity contribution < 1.29 is 26.3 Å². The van der Waals surface area contributed by atoms with E-state index in [2.05, 4.69) is 4.72 Å². The molecule has 0 radical (unpaired) electrons. The van der Waals surface area contributed by atoms with Gasteiger partial charge >= 0.3 is 0 Å². The standard InChI is InChI=1S/C16H17NO6S2/c1-24(18,19)13-5-2-4-12(10-13)17-25(20,21)14-6-7-15-16(11-14)23-9-3-8-22-15/h2,4-7,10-11,17H,3,8-9H2,1H3. The van der Waals surface area contributed by atoms with E-state index in [1.54, 1.807) is 6.07 Å². The largest absolute Gasteiger partial charge is 0.490 e. The SMILES string of the molecule is CS(=O)(=O)c1cccc(NS(=O)(=O)c2ccc3c(c2)OCCCO3)c1. The van der Waals surface area contributed by atoms with Crippen LogP contribution in [0, 0.1) is 0 Å². The number of nitrogens with one attached hydrogen (secondary N) is 1. The lowest BCUT2D eigenvalue weighted by Crippen LogP contribution is -2.13. The highest BCUT2D eigenvalue weighted by Crippen LogP contribution is 2.32. The number of fused-ring (bicyclic) bond motifs is 1. The Morgan fingerprint density at radius 3 is 2.32 bits per heavy atom. The molecule has 0 amide bonds. The predicted octanol–water partition coefficient (Wildman–Crippen LogP) is 2.05. The highest BCUT2D eigenvalue weighted by Gasteiger charge is 2.19. The second-order valence-corrected chi connectivity index (χ2v) is 9.26. The maximum absolute atomic E-state index is 12.6. The minimum atomic E-state index is -3.90. The first-order chi connectivity index (χ1) is 11.8. The summed E-state index contributed by atoms with van der Waals surface area (Å²) in [5.41, 5.74) is 0.162. The van der Waals surface area contributed by atoms with Gasteiger partial charge in [0.25, 0.3) is 10.0 Å². The molecule has 2 aromatic carbocycles. The zero-order chi connectivity index (χ0) is 18.1. The predicted molar refractivity (Wildman–Crippen MR) is 92.4 cm³/mol. The molecular formula is C16H17NO6S2. The fourth-order valence-electron chi connectivity index (χ4n) is 2.32. The Bertz CT molecular complexity index is 999. The van der Waals surface area contributed by atoms with Crippen molar-refractivity contribution in [3.63, 3.8) is 0 Å². The molecule has 0 spiro atoms. The van der Waals surface area contributed by atoms with Crippen molar-refractivity contribution in [3.8, 4) is 11.5 Å². The summed E-state index contributed by atoms with van der Waals surface area (Å²) in [6, 6.07) is 9.98. The maximum atomic E-state index is 12.6. The van der Waals surface area contributed by atoms with Gasteiger partial charge < -0.3 is 9.47 Å². The van der Waals surface area contributed by atoms with Crippen LogP contribution >= 0.6 is 0 Å². The van der Waals surface area contributed by atoms with Crippen LogP contribution in [0.25, 0.3) is 0 Å². The van der Waals surface area contributed by atoms with Gasteiger partial charge in [-0.2, -0.15) is 0 Å². The third-order valence-corrected chi connectivity index (χ3v) is 6.03. The molecule has 0 atom stereocenters. The quantitative estimate of drug-likeness (QED) is 0.868. The van der Waals surface area contributed by atoms with Crippen LogP contribution in [-0.2, 0) is 19.9 Å². The minimum Gasteiger partial charge on any atom is -0.490 e. The van der Waals surface area contributed by atoms with Crippen molar-refractivity contribution in [3.05, 3.63) is 42.5 Å². The summed E-state index contributed by atoms with van der Waals surface area (Å²) in [5, 5.41) is 0. The summed E-state index contributed by atoms with van der Waals surface area (Å²) in [6.07, 6.45) is 1.78. The van der Waals surface area contributed by atoms with Crippen LogP contribution in [0.4, 0.5) is 5.69 Å². The van der Waals surface area contributed by atoms with Gasteiger partial charge in [0.1, 0.15) is 0 Å². The molecule has 0 saturated heterocycles. The van der Waals surface area contributed by atoms with Gasteiger partial charge in [-0.3, -0.25) is 4.72 Å². The topological polar surface area (TPSA) is 98.8 Å². The summed E-state index contributed by atoms with van der Waals surface area (Å²) in [7, 11) is -7.33. The molecule has 1 aliphatic heterocycles. The van der Waals surface area contributed by atoms with E-state index in [1.165, 1.54) is 36.4 Å². The summed E-state index contributed by atoms with van der Waals surface area (Å²) < 4.78 is 61.7. The zero-order valence-electron chi connectivity index (χ0n) is 13.4. The zero-order valence-corrected chi connectivity index (χ0v) is 15.1. The molecule has 0 aromatic heterocycles. The lowest BCUT2D eigenvalue weighted by Gasteiger charge is -2.12. The maximum Gasteiger partial charge on any atom is 0.262 e. The van der Waals surface area contributed by atoms with Gasteiger partial charge in [0, 0.05) is 18.7 Å². The van der Waals surface area contributed by atoms with Gasteiger partial charge in [0.05, 0.1) is 28.7 Å². The van der Waals surface area contributed by atoms with Crippen molar-refractivity contribution in [1.29, 1.82) is 0 Å². The van der Waals surface area contributed by atoms with Gasteiger partial charge in [0.15, 0.2) is 21.3 Å². The third-order valence-electron chi connectivity index (χ3n) is 3.54. The number of hydrogen-bond acceptors (Lipinski definition) is 6. The average Bonchev–Trinajstić information content (AvgIpc) is 2.78. The van der Waals surface area contributed by atoms with Crippen molar-refractivity contribution in [1.82, 2.24) is 0 Å². The number of hydrogen-bond donors (Lipinski definition) is 1. The molecule has 25 heavy (non-hydrogen) atoms. The number of rotatable bonds is 4. The van der Waals surface area contributed by atoms with Gasteiger partial charge in [-0.1, -0.05) is 6.07 Å².